The minimum absolute atomic E-state index is 0.106. The van der Waals surface area contributed by atoms with Gasteiger partial charge in [0, 0.05) is 25.7 Å². The maximum absolute atomic E-state index is 13.1. The van der Waals surface area contributed by atoms with Crippen LogP contribution in [-0.4, -0.2) is 96.7 Å². The zero-order valence-electron chi connectivity index (χ0n) is 61.6. The van der Waals surface area contributed by atoms with Crippen molar-refractivity contribution in [1.82, 2.24) is 0 Å². The fraction of sp³-hybridized carbons (Fsp3) is 0.947. The summed E-state index contributed by atoms with van der Waals surface area (Å²) < 4.78 is 68.5. The normalized spacial score (nSPS) is 14.7. The van der Waals surface area contributed by atoms with Crippen LogP contribution in [0.25, 0.3) is 0 Å². The van der Waals surface area contributed by atoms with Crippen LogP contribution in [0, 0.1) is 23.7 Å². The molecule has 94 heavy (non-hydrogen) atoms. The number of hydrogen-bond acceptors (Lipinski definition) is 15. The second-order valence-electron chi connectivity index (χ2n) is 28.5. The van der Waals surface area contributed by atoms with E-state index in [9.17, 15) is 43.2 Å². The summed E-state index contributed by atoms with van der Waals surface area (Å²) in [5.41, 5.74) is 0. The number of esters is 4. The molecule has 0 heterocycles. The molecule has 0 saturated carbocycles. The molecule has 0 aromatic heterocycles. The van der Waals surface area contributed by atoms with Crippen LogP contribution in [0.5, 0.6) is 0 Å². The smallest absolute Gasteiger partial charge is 0.462 e. The van der Waals surface area contributed by atoms with Crippen LogP contribution in [-0.2, 0) is 65.4 Å². The maximum Gasteiger partial charge on any atom is 0.472 e. The molecule has 4 unspecified atom stereocenters. The molecular formula is C75H146O17P2. The van der Waals surface area contributed by atoms with Crippen LogP contribution in [0.1, 0.15) is 376 Å². The van der Waals surface area contributed by atoms with E-state index < -0.39 is 97.5 Å². The molecule has 0 aliphatic rings. The van der Waals surface area contributed by atoms with Crippen molar-refractivity contribution >= 4 is 39.5 Å². The van der Waals surface area contributed by atoms with Crippen LogP contribution in [0.4, 0.5) is 0 Å². The van der Waals surface area contributed by atoms with Gasteiger partial charge < -0.3 is 33.8 Å². The second kappa shape index (κ2) is 64.4. The molecule has 17 nitrogen and oxygen atoms in total. The summed E-state index contributed by atoms with van der Waals surface area (Å²) in [7, 11) is -9.91. The molecular weight excluding hydrogens is 1230 g/mol. The van der Waals surface area contributed by atoms with E-state index in [-0.39, 0.29) is 25.7 Å². The topological polar surface area (TPSA) is 237 Å². The van der Waals surface area contributed by atoms with Gasteiger partial charge in [0.25, 0.3) is 0 Å². The lowest BCUT2D eigenvalue weighted by Crippen LogP contribution is -2.30. The van der Waals surface area contributed by atoms with Gasteiger partial charge in [-0.1, -0.05) is 325 Å². The van der Waals surface area contributed by atoms with Gasteiger partial charge in [-0.15, -0.1) is 0 Å². The van der Waals surface area contributed by atoms with Gasteiger partial charge in [-0.3, -0.25) is 37.3 Å². The van der Waals surface area contributed by atoms with E-state index in [1.807, 2.05) is 0 Å². The molecule has 0 rings (SSSR count). The molecule has 0 radical (unpaired) electrons. The van der Waals surface area contributed by atoms with Crippen molar-refractivity contribution in [3.63, 3.8) is 0 Å². The molecule has 0 aromatic rings. The number of rotatable bonds is 72. The lowest BCUT2D eigenvalue weighted by molar-refractivity contribution is -0.161. The number of hydrogen-bond donors (Lipinski definition) is 3. The summed E-state index contributed by atoms with van der Waals surface area (Å²) in [6, 6.07) is 0. The molecule has 0 aromatic carbocycles. The third-order valence-corrected chi connectivity index (χ3v) is 19.9. The monoisotopic (exact) mass is 1380 g/mol. The summed E-state index contributed by atoms with van der Waals surface area (Å²) in [4.78, 5) is 72.7. The van der Waals surface area contributed by atoms with E-state index >= 15 is 0 Å². The van der Waals surface area contributed by atoms with Crippen molar-refractivity contribution in [2.75, 3.05) is 39.6 Å². The molecule has 19 heteroatoms. The average molecular weight is 1380 g/mol. The lowest BCUT2D eigenvalue weighted by atomic mass is 10.00. The number of aliphatic hydroxyl groups is 1. The number of carbonyl (C=O) groups is 4. The van der Waals surface area contributed by atoms with Crippen molar-refractivity contribution in [1.29, 1.82) is 0 Å². The third-order valence-electron chi connectivity index (χ3n) is 18.0. The average Bonchev–Trinajstić information content (AvgIpc) is 1.46. The Morgan fingerprint density at radius 1 is 0.298 bits per heavy atom. The van der Waals surface area contributed by atoms with Crippen LogP contribution in [0.3, 0.4) is 0 Å². The zero-order valence-corrected chi connectivity index (χ0v) is 63.4. The molecule has 6 atom stereocenters. The molecule has 0 aliphatic carbocycles. The quantitative estimate of drug-likeness (QED) is 0.0222. The van der Waals surface area contributed by atoms with Crippen molar-refractivity contribution in [3.8, 4) is 0 Å². The first-order chi connectivity index (χ1) is 45.2. The first kappa shape index (κ1) is 92.1. The van der Waals surface area contributed by atoms with Gasteiger partial charge in [0.1, 0.15) is 19.3 Å². The van der Waals surface area contributed by atoms with Gasteiger partial charge in [0.15, 0.2) is 12.2 Å². The molecule has 0 fully saturated rings. The van der Waals surface area contributed by atoms with Gasteiger partial charge in [0.05, 0.1) is 26.4 Å². The van der Waals surface area contributed by atoms with Gasteiger partial charge in [-0.05, 0) is 49.4 Å². The highest BCUT2D eigenvalue weighted by Gasteiger charge is 2.30. The van der Waals surface area contributed by atoms with Gasteiger partial charge >= 0.3 is 39.5 Å². The van der Waals surface area contributed by atoms with E-state index in [2.05, 4.69) is 55.4 Å². The van der Waals surface area contributed by atoms with E-state index in [0.29, 0.717) is 25.7 Å². The maximum atomic E-state index is 13.1. The van der Waals surface area contributed by atoms with Crippen LogP contribution in [0.2, 0.25) is 0 Å². The summed E-state index contributed by atoms with van der Waals surface area (Å²) in [5.74, 6) is 0.928. The third kappa shape index (κ3) is 66.0. The number of phosphoric ester groups is 2. The van der Waals surface area contributed by atoms with Gasteiger partial charge in [0.2, 0.25) is 0 Å². The predicted octanol–water partition coefficient (Wildman–Crippen LogP) is 21.7. The highest BCUT2D eigenvalue weighted by atomic mass is 31.2. The van der Waals surface area contributed by atoms with Crippen molar-refractivity contribution in [2.45, 2.75) is 395 Å². The van der Waals surface area contributed by atoms with Crippen LogP contribution >= 0.6 is 15.6 Å². The highest BCUT2D eigenvalue weighted by molar-refractivity contribution is 7.47. The summed E-state index contributed by atoms with van der Waals surface area (Å²) >= 11 is 0. The molecule has 0 saturated heterocycles. The van der Waals surface area contributed by atoms with Crippen molar-refractivity contribution in [3.05, 3.63) is 0 Å². The Kier molecular flexibility index (Phi) is 63.1. The van der Waals surface area contributed by atoms with E-state index in [1.165, 1.54) is 167 Å². The summed E-state index contributed by atoms with van der Waals surface area (Å²) in [6.45, 7) is 14.2. The number of unbranched alkanes of at least 4 members (excludes halogenated alkanes) is 36. The first-order valence-electron chi connectivity index (χ1n) is 38.8. The first-order valence-corrected chi connectivity index (χ1v) is 41.8. The Morgan fingerprint density at radius 3 is 0.755 bits per heavy atom. The van der Waals surface area contributed by atoms with E-state index in [1.54, 1.807) is 0 Å². The lowest BCUT2D eigenvalue weighted by Gasteiger charge is -2.21. The Balaban J connectivity index is 5.22. The fourth-order valence-corrected chi connectivity index (χ4v) is 12.9. The largest absolute Gasteiger partial charge is 0.472 e. The Bertz CT molecular complexity index is 1730. The molecule has 558 valence electrons. The summed E-state index contributed by atoms with van der Waals surface area (Å²) in [5, 5.41) is 10.6. The number of phosphoric acid groups is 2. The van der Waals surface area contributed by atoms with Gasteiger partial charge in [-0.25, -0.2) is 9.13 Å². The predicted molar refractivity (Wildman–Crippen MR) is 381 cm³/mol. The van der Waals surface area contributed by atoms with Crippen molar-refractivity contribution in [2.24, 2.45) is 23.7 Å². The molecule has 0 amide bonds. The highest BCUT2D eigenvalue weighted by Crippen LogP contribution is 2.45. The minimum Gasteiger partial charge on any atom is -0.462 e. The minimum atomic E-state index is -4.96. The molecule has 3 N–H and O–H groups in total. The second-order valence-corrected chi connectivity index (χ2v) is 31.4. The van der Waals surface area contributed by atoms with E-state index in [0.717, 1.165) is 126 Å². The number of ether oxygens (including phenoxy) is 4. The Morgan fingerprint density at radius 2 is 0.511 bits per heavy atom. The number of carbonyl (C=O) groups excluding carboxylic acids is 4. The van der Waals surface area contributed by atoms with Crippen LogP contribution < -0.4 is 0 Å². The number of aliphatic hydroxyl groups excluding tert-OH is 1. The fourth-order valence-electron chi connectivity index (χ4n) is 11.3. The molecule has 0 aliphatic heterocycles. The molecule has 0 spiro atoms. The zero-order chi connectivity index (χ0) is 69.6. The summed E-state index contributed by atoms with van der Waals surface area (Å²) in [6.07, 6.45) is 48.6. The molecule has 0 bridgehead atoms. The van der Waals surface area contributed by atoms with E-state index in [4.69, 9.17) is 37.0 Å². The van der Waals surface area contributed by atoms with Crippen LogP contribution in [0.15, 0.2) is 0 Å². The van der Waals surface area contributed by atoms with Gasteiger partial charge in [-0.2, -0.15) is 0 Å². The SMILES string of the molecule is CCC(C)CCCCCCCCC(=O)OC[C@H](COP(=O)(O)OCC(O)COP(=O)(O)OC[C@@H](COC(=O)CCCCCCCCC(C)CC)OC(=O)CCCCCCCCCCCCCCCCC(C)C)OC(=O)CCCCCCCCCCCCCCCCC(C)C. The van der Waals surface area contributed by atoms with Crippen molar-refractivity contribution < 1.29 is 80.2 Å². The standard InChI is InChI=1S/C75H146O17P2/c1-9-67(7)53-45-37-31-33-39-47-55-72(77)85-61-70(91-74(79)57-49-41-29-25-21-17-13-11-15-19-23-27-35-43-51-65(3)4)63-89-93(81,82)87-59-69(76)60-88-94(83,84)90-64-71(62-86-73(78)56-48-40-34-32-38-46-54-68(8)10-2)92-75(80)58-50-42-30-26-22-18-14-12-16-20-24-28-36-44-52-66(5)6/h65-71,76H,9-64H2,1-8H3,(H,81,82)(H,83,84)/t67?,68?,69?,70-,71-/m1/s1. The Hall–Kier alpha value is -1.94. The Labute approximate surface area is 575 Å².